The van der Waals surface area contributed by atoms with Crippen LogP contribution in [0.5, 0.6) is 0 Å². The second kappa shape index (κ2) is 12.1. The lowest BCUT2D eigenvalue weighted by Crippen LogP contribution is -2.53. The van der Waals surface area contributed by atoms with Gasteiger partial charge in [-0.05, 0) is 25.3 Å². The van der Waals surface area contributed by atoms with Crippen molar-refractivity contribution in [1.29, 1.82) is 0 Å². The Morgan fingerprint density at radius 3 is 2.62 bits per heavy atom. The number of benzene rings is 1. The number of aromatic nitrogens is 2. The van der Waals surface area contributed by atoms with E-state index in [2.05, 4.69) is 67.6 Å². The van der Waals surface area contributed by atoms with E-state index in [1.165, 1.54) is 29.1 Å². The molecule has 176 valence electrons. The maximum atomic E-state index is 6.19. The molecule has 2 aromatic rings. The molecule has 2 aliphatic rings. The normalized spacial score (nSPS) is 21.9. The van der Waals surface area contributed by atoms with Gasteiger partial charge in [-0.15, -0.1) is 24.0 Å². The van der Waals surface area contributed by atoms with Gasteiger partial charge in [-0.3, -0.25) is 4.99 Å². The zero-order valence-corrected chi connectivity index (χ0v) is 22.4. The molecule has 2 aliphatic heterocycles. The Kier molecular flexibility index (Phi) is 9.54. The van der Waals surface area contributed by atoms with Crippen LogP contribution in [0.4, 0.5) is 5.13 Å². The molecule has 0 bridgehead atoms. The third-order valence-corrected chi connectivity index (χ3v) is 7.02. The van der Waals surface area contributed by atoms with Gasteiger partial charge in [0.1, 0.15) is 5.82 Å². The highest BCUT2D eigenvalue weighted by atomic mass is 127. The first-order chi connectivity index (χ1) is 15.2. The lowest BCUT2D eigenvalue weighted by Gasteiger charge is -2.37. The van der Waals surface area contributed by atoms with Crippen molar-refractivity contribution < 1.29 is 4.74 Å². The number of aliphatic imine (C=N–C) groups is 1. The van der Waals surface area contributed by atoms with Crippen LogP contribution >= 0.6 is 35.5 Å². The summed E-state index contributed by atoms with van der Waals surface area (Å²) in [6.45, 7) is 9.70. The molecule has 1 aromatic carbocycles. The number of nitrogens with one attached hydrogen (secondary N) is 1. The Balaban J connectivity index is 0.00000289. The van der Waals surface area contributed by atoms with Crippen LogP contribution in [0.15, 0.2) is 29.3 Å². The molecular weight excluding hydrogens is 535 g/mol. The molecule has 2 unspecified atom stereocenters. The molecule has 0 spiro atoms. The van der Waals surface area contributed by atoms with Crippen LogP contribution in [-0.4, -0.2) is 66.6 Å². The molecule has 9 heteroatoms. The summed E-state index contributed by atoms with van der Waals surface area (Å²) in [5, 5.41) is 4.68. The van der Waals surface area contributed by atoms with Gasteiger partial charge in [0.2, 0.25) is 5.13 Å². The lowest BCUT2D eigenvalue weighted by molar-refractivity contribution is -0.0266. The average molecular weight is 571 g/mol. The highest BCUT2D eigenvalue weighted by molar-refractivity contribution is 14.0. The minimum Gasteiger partial charge on any atom is -0.373 e. The van der Waals surface area contributed by atoms with Crippen LogP contribution in [0.1, 0.15) is 42.8 Å². The summed E-state index contributed by atoms with van der Waals surface area (Å²) >= 11 is 1.51. The Morgan fingerprint density at radius 2 is 1.97 bits per heavy atom. The number of anilines is 1. The molecule has 1 aromatic heterocycles. The van der Waals surface area contributed by atoms with E-state index < -0.39 is 0 Å². The Hall–Kier alpha value is -1.46. The molecule has 0 aliphatic carbocycles. The van der Waals surface area contributed by atoms with E-state index in [1.54, 1.807) is 0 Å². The quantitative estimate of drug-likeness (QED) is 0.335. The van der Waals surface area contributed by atoms with E-state index in [-0.39, 0.29) is 30.1 Å². The van der Waals surface area contributed by atoms with Gasteiger partial charge in [0.05, 0.1) is 6.10 Å². The predicted octanol–water partition coefficient (Wildman–Crippen LogP) is 3.89. The number of aryl methyl sites for hydroxylation is 2. The molecule has 1 N–H and O–H groups in total. The van der Waals surface area contributed by atoms with E-state index in [1.807, 2.05) is 7.05 Å². The van der Waals surface area contributed by atoms with Crippen LogP contribution in [0.3, 0.4) is 0 Å². The first kappa shape index (κ1) is 25.2. The molecule has 4 rings (SSSR count). The van der Waals surface area contributed by atoms with Gasteiger partial charge in [0.15, 0.2) is 5.96 Å². The summed E-state index contributed by atoms with van der Waals surface area (Å²) in [5.74, 6) is 2.38. The summed E-state index contributed by atoms with van der Waals surface area (Å²) < 4.78 is 10.6. The number of rotatable bonds is 5. The minimum absolute atomic E-state index is 0. The van der Waals surface area contributed by atoms with E-state index in [4.69, 9.17) is 4.74 Å². The Labute approximate surface area is 212 Å². The third-order valence-electron chi connectivity index (χ3n) is 6.21. The maximum absolute atomic E-state index is 6.19. The number of ether oxygens (including phenoxy) is 1. The number of hydrogen-bond acceptors (Lipinski definition) is 6. The minimum atomic E-state index is 0. The van der Waals surface area contributed by atoms with E-state index >= 15 is 0 Å². The number of guanidine groups is 1. The van der Waals surface area contributed by atoms with Crippen molar-refractivity contribution in [2.75, 3.05) is 51.3 Å². The van der Waals surface area contributed by atoms with Gasteiger partial charge in [-0.25, -0.2) is 4.98 Å². The second-order valence-electron chi connectivity index (χ2n) is 8.35. The smallest absolute Gasteiger partial charge is 0.205 e. The average Bonchev–Trinajstić information content (AvgIpc) is 3.30. The van der Waals surface area contributed by atoms with Gasteiger partial charge >= 0.3 is 0 Å². The standard InChI is InChI=1S/C23H34N6OS.HI/c1-4-20-26-23(31-27-20)29-13-11-28(12-14-29)22(24-3)25-16-19-6-5-15-30-21(19)18-9-7-17(2)8-10-18;/h7-10,19,21H,4-6,11-16H2,1-3H3,(H,24,25);1H. The topological polar surface area (TPSA) is 65.9 Å². The van der Waals surface area contributed by atoms with Gasteiger partial charge < -0.3 is 19.9 Å². The number of halogens is 1. The fraction of sp³-hybridized carbons (Fsp3) is 0.609. The Bertz CT molecular complexity index is 866. The summed E-state index contributed by atoms with van der Waals surface area (Å²) in [4.78, 5) is 13.9. The van der Waals surface area contributed by atoms with Crippen LogP contribution in [-0.2, 0) is 11.2 Å². The monoisotopic (exact) mass is 570 g/mol. The summed E-state index contributed by atoms with van der Waals surface area (Å²) in [6, 6.07) is 8.78. The molecule has 32 heavy (non-hydrogen) atoms. The fourth-order valence-electron chi connectivity index (χ4n) is 4.36. The van der Waals surface area contributed by atoms with Crippen molar-refractivity contribution in [3.63, 3.8) is 0 Å². The number of hydrogen-bond donors (Lipinski definition) is 1. The molecule has 0 saturated carbocycles. The zero-order chi connectivity index (χ0) is 21.6. The summed E-state index contributed by atoms with van der Waals surface area (Å²) in [5.41, 5.74) is 2.57. The molecule has 2 fully saturated rings. The van der Waals surface area contributed by atoms with Crippen molar-refractivity contribution in [2.45, 2.75) is 39.2 Å². The van der Waals surface area contributed by atoms with Crippen LogP contribution in [0.25, 0.3) is 0 Å². The first-order valence-corrected chi connectivity index (χ1v) is 12.2. The van der Waals surface area contributed by atoms with Gasteiger partial charge in [0.25, 0.3) is 0 Å². The second-order valence-corrected chi connectivity index (χ2v) is 9.08. The molecule has 0 radical (unpaired) electrons. The zero-order valence-electron chi connectivity index (χ0n) is 19.3. The predicted molar refractivity (Wildman–Crippen MR) is 142 cm³/mol. The molecule has 2 atom stereocenters. The summed E-state index contributed by atoms with van der Waals surface area (Å²) in [7, 11) is 1.88. The lowest BCUT2D eigenvalue weighted by atomic mass is 9.89. The molecule has 7 nitrogen and oxygen atoms in total. The molecule has 0 amide bonds. The van der Waals surface area contributed by atoms with Gasteiger partial charge in [-0.2, -0.15) is 4.37 Å². The van der Waals surface area contributed by atoms with Crippen molar-refractivity contribution in [3.05, 3.63) is 41.2 Å². The number of nitrogens with zero attached hydrogens (tertiary/aromatic N) is 5. The summed E-state index contributed by atoms with van der Waals surface area (Å²) in [6.07, 6.45) is 3.34. The van der Waals surface area contributed by atoms with Crippen molar-refractivity contribution in [2.24, 2.45) is 10.9 Å². The van der Waals surface area contributed by atoms with Crippen molar-refractivity contribution in [3.8, 4) is 0 Å². The first-order valence-electron chi connectivity index (χ1n) is 11.4. The van der Waals surface area contributed by atoms with Gasteiger partial charge in [-0.1, -0.05) is 36.8 Å². The highest BCUT2D eigenvalue weighted by Gasteiger charge is 2.28. The third kappa shape index (κ3) is 6.11. The van der Waals surface area contributed by atoms with Crippen LogP contribution < -0.4 is 10.2 Å². The van der Waals surface area contributed by atoms with E-state index in [0.29, 0.717) is 5.92 Å². The maximum Gasteiger partial charge on any atom is 0.205 e. The molecule has 3 heterocycles. The SMILES string of the molecule is CCc1nsc(N2CCN(C(=NC)NCC3CCCOC3c3ccc(C)cc3)CC2)n1.I. The van der Waals surface area contributed by atoms with E-state index in [9.17, 15) is 0 Å². The van der Waals surface area contributed by atoms with Crippen LogP contribution in [0.2, 0.25) is 0 Å². The van der Waals surface area contributed by atoms with Crippen molar-refractivity contribution >= 4 is 46.6 Å². The molecular formula is C23H35IN6OS. The van der Waals surface area contributed by atoms with Crippen LogP contribution in [0, 0.1) is 12.8 Å². The largest absolute Gasteiger partial charge is 0.373 e. The highest BCUT2D eigenvalue weighted by Crippen LogP contribution is 2.33. The molecule has 2 saturated heterocycles. The Morgan fingerprint density at radius 1 is 1.22 bits per heavy atom. The number of piperazine rings is 1. The van der Waals surface area contributed by atoms with E-state index in [0.717, 1.165) is 69.1 Å². The fourth-order valence-corrected chi connectivity index (χ4v) is 5.16. The van der Waals surface area contributed by atoms with Gasteiger partial charge in [0, 0.05) is 70.2 Å². The van der Waals surface area contributed by atoms with Crippen molar-refractivity contribution in [1.82, 2.24) is 19.6 Å².